The number of amides is 1. The van der Waals surface area contributed by atoms with E-state index < -0.39 is 11.9 Å². The van der Waals surface area contributed by atoms with Crippen LogP contribution in [0.4, 0.5) is 5.00 Å². The van der Waals surface area contributed by atoms with Crippen LogP contribution in [0.25, 0.3) is 17.2 Å². The van der Waals surface area contributed by atoms with Crippen LogP contribution in [0.2, 0.25) is 5.02 Å². The minimum absolute atomic E-state index is 0.0939. The molecule has 162 valence electrons. The molecule has 1 N–H and O–H groups in total. The smallest absolute Gasteiger partial charge is 0.341 e. The molecule has 0 atom stereocenters. The van der Waals surface area contributed by atoms with Crippen LogP contribution in [-0.2, 0) is 9.53 Å². The lowest BCUT2D eigenvalue weighted by atomic mass is 9.97. The molecule has 0 saturated carbocycles. The Morgan fingerprint density at radius 3 is 2.50 bits per heavy atom. The summed E-state index contributed by atoms with van der Waals surface area (Å²) in [4.78, 5) is 25.6. The molecule has 32 heavy (non-hydrogen) atoms. The van der Waals surface area contributed by atoms with Gasteiger partial charge in [-0.1, -0.05) is 47.5 Å². The third kappa shape index (κ3) is 5.25. The van der Waals surface area contributed by atoms with Gasteiger partial charge in [0.15, 0.2) is 0 Å². The fraction of sp³-hybridized carbons (Fsp3) is 0.160. The van der Waals surface area contributed by atoms with Crippen molar-refractivity contribution in [3.63, 3.8) is 0 Å². The zero-order chi connectivity index (χ0) is 23.3. The number of benzene rings is 2. The molecule has 0 aliphatic heterocycles. The Bertz CT molecular complexity index is 1240. The summed E-state index contributed by atoms with van der Waals surface area (Å²) in [7, 11) is 0. The van der Waals surface area contributed by atoms with Crippen LogP contribution < -0.4 is 5.32 Å². The van der Waals surface area contributed by atoms with E-state index in [9.17, 15) is 14.9 Å². The Balaban J connectivity index is 1.99. The standard InChI is InChI=1S/C25H21ClN2O3S/c1-4-31-25(30)22-21(20-10-5-15(2)11-16(20)3)14-32-24(22)28-23(29)18(13-27)12-17-6-8-19(26)9-7-17/h5-12,14H,4H2,1-3H3,(H,28,29)/b18-12+. The number of aryl methyl sites for hydroxylation is 2. The monoisotopic (exact) mass is 464 g/mol. The highest BCUT2D eigenvalue weighted by Gasteiger charge is 2.24. The maximum absolute atomic E-state index is 12.8. The summed E-state index contributed by atoms with van der Waals surface area (Å²) < 4.78 is 5.25. The summed E-state index contributed by atoms with van der Waals surface area (Å²) in [5.74, 6) is -1.14. The molecule has 3 aromatic rings. The quantitative estimate of drug-likeness (QED) is 0.260. The molecule has 0 unspecified atom stereocenters. The number of rotatable bonds is 6. The van der Waals surface area contributed by atoms with E-state index >= 15 is 0 Å². The third-order valence-corrected chi connectivity index (χ3v) is 5.86. The first-order chi connectivity index (χ1) is 15.3. The van der Waals surface area contributed by atoms with Crippen LogP contribution in [0.3, 0.4) is 0 Å². The topological polar surface area (TPSA) is 79.2 Å². The molecule has 0 spiro atoms. The van der Waals surface area contributed by atoms with Gasteiger partial charge in [-0.05, 0) is 55.7 Å². The average molecular weight is 465 g/mol. The first-order valence-electron chi connectivity index (χ1n) is 9.89. The molecule has 1 heterocycles. The molecule has 0 radical (unpaired) electrons. The van der Waals surface area contributed by atoms with E-state index in [1.807, 2.05) is 43.5 Å². The van der Waals surface area contributed by atoms with Gasteiger partial charge in [-0.15, -0.1) is 11.3 Å². The fourth-order valence-electron chi connectivity index (χ4n) is 3.21. The van der Waals surface area contributed by atoms with Gasteiger partial charge in [0.1, 0.15) is 22.2 Å². The molecule has 0 bridgehead atoms. The van der Waals surface area contributed by atoms with Crippen molar-refractivity contribution in [2.24, 2.45) is 0 Å². The maximum Gasteiger partial charge on any atom is 0.341 e. The van der Waals surface area contributed by atoms with Gasteiger partial charge in [0.25, 0.3) is 5.91 Å². The van der Waals surface area contributed by atoms with Crippen molar-refractivity contribution in [1.29, 1.82) is 5.26 Å². The number of nitriles is 1. The Morgan fingerprint density at radius 2 is 1.88 bits per heavy atom. The van der Waals surface area contributed by atoms with E-state index in [0.29, 0.717) is 21.2 Å². The molecular weight excluding hydrogens is 444 g/mol. The van der Waals surface area contributed by atoms with Gasteiger partial charge in [0.05, 0.1) is 6.61 Å². The largest absolute Gasteiger partial charge is 0.462 e. The third-order valence-electron chi connectivity index (χ3n) is 4.72. The van der Waals surface area contributed by atoms with E-state index in [2.05, 4.69) is 5.32 Å². The van der Waals surface area contributed by atoms with Crippen molar-refractivity contribution in [3.05, 3.63) is 80.7 Å². The van der Waals surface area contributed by atoms with Crippen molar-refractivity contribution in [2.75, 3.05) is 11.9 Å². The number of esters is 1. The van der Waals surface area contributed by atoms with E-state index in [1.165, 1.54) is 17.4 Å². The highest BCUT2D eigenvalue weighted by molar-refractivity contribution is 7.15. The summed E-state index contributed by atoms with van der Waals surface area (Å²) in [6, 6.07) is 14.6. The molecule has 2 aromatic carbocycles. The van der Waals surface area contributed by atoms with Crippen molar-refractivity contribution < 1.29 is 14.3 Å². The number of halogens is 1. The van der Waals surface area contributed by atoms with E-state index in [4.69, 9.17) is 16.3 Å². The lowest BCUT2D eigenvalue weighted by Crippen LogP contribution is -2.16. The summed E-state index contributed by atoms with van der Waals surface area (Å²) in [6.07, 6.45) is 1.47. The number of anilines is 1. The highest BCUT2D eigenvalue weighted by Crippen LogP contribution is 2.38. The molecule has 0 aliphatic rings. The van der Waals surface area contributed by atoms with Crippen molar-refractivity contribution >= 4 is 45.9 Å². The van der Waals surface area contributed by atoms with Gasteiger partial charge in [0.2, 0.25) is 0 Å². The van der Waals surface area contributed by atoms with Crippen LogP contribution in [0, 0.1) is 25.2 Å². The maximum atomic E-state index is 12.8. The minimum Gasteiger partial charge on any atom is -0.462 e. The summed E-state index contributed by atoms with van der Waals surface area (Å²) in [5.41, 5.74) is 4.53. The average Bonchev–Trinajstić information content (AvgIpc) is 3.16. The molecular formula is C25H21ClN2O3S. The van der Waals surface area contributed by atoms with Crippen LogP contribution in [0.15, 0.2) is 53.4 Å². The summed E-state index contributed by atoms with van der Waals surface area (Å²) in [6.45, 7) is 5.89. The second-order valence-electron chi connectivity index (χ2n) is 7.07. The van der Waals surface area contributed by atoms with Crippen LogP contribution >= 0.6 is 22.9 Å². The molecule has 0 fully saturated rings. The Labute approximate surface area is 195 Å². The molecule has 0 aliphatic carbocycles. The SMILES string of the molecule is CCOC(=O)c1c(-c2ccc(C)cc2C)csc1NC(=O)/C(C#N)=C/c1ccc(Cl)cc1. The van der Waals surface area contributed by atoms with Crippen LogP contribution in [-0.4, -0.2) is 18.5 Å². The van der Waals surface area contributed by atoms with Crippen LogP contribution in [0.5, 0.6) is 0 Å². The zero-order valence-electron chi connectivity index (χ0n) is 17.9. The van der Waals surface area contributed by atoms with Crippen LogP contribution in [0.1, 0.15) is 34.0 Å². The highest BCUT2D eigenvalue weighted by atomic mass is 35.5. The fourth-order valence-corrected chi connectivity index (χ4v) is 4.28. The van der Waals surface area contributed by atoms with E-state index in [-0.39, 0.29) is 17.7 Å². The number of thiophene rings is 1. The number of hydrogen-bond acceptors (Lipinski definition) is 5. The van der Waals surface area contributed by atoms with Gasteiger partial charge < -0.3 is 10.1 Å². The predicted octanol–water partition coefficient (Wildman–Crippen LogP) is 6.41. The molecule has 5 nitrogen and oxygen atoms in total. The number of nitrogens with zero attached hydrogens (tertiary/aromatic N) is 1. The lowest BCUT2D eigenvalue weighted by molar-refractivity contribution is -0.112. The normalized spacial score (nSPS) is 11.0. The zero-order valence-corrected chi connectivity index (χ0v) is 19.4. The number of carbonyl (C=O) groups excluding carboxylic acids is 2. The summed E-state index contributed by atoms with van der Waals surface area (Å²) >= 11 is 7.11. The Kier molecular flexibility index (Phi) is 7.47. The van der Waals surface area contributed by atoms with E-state index in [0.717, 1.165) is 16.7 Å². The number of ether oxygens (including phenoxy) is 1. The van der Waals surface area contributed by atoms with Gasteiger partial charge in [-0.25, -0.2) is 4.79 Å². The predicted molar refractivity (Wildman–Crippen MR) is 129 cm³/mol. The number of hydrogen-bond donors (Lipinski definition) is 1. The lowest BCUT2D eigenvalue weighted by Gasteiger charge is -2.10. The second-order valence-corrected chi connectivity index (χ2v) is 8.38. The van der Waals surface area contributed by atoms with Gasteiger partial charge >= 0.3 is 5.97 Å². The minimum atomic E-state index is -0.609. The Hall–Kier alpha value is -3.40. The Morgan fingerprint density at radius 1 is 1.16 bits per heavy atom. The summed E-state index contributed by atoms with van der Waals surface area (Å²) in [5, 5.41) is 14.9. The number of carbonyl (C=O) groups is 2. The first kappa shape index (κ1) is 23.3. The first-order valence-corrected chi connectivity index (χ1v) is 11.1. The molecule has 1 aromatic heterocycles. The molecule has 7 heteroatoms. The van der Waals surface area contributed by atoms with E-state index in [1.54, 1.807) is 31.2 Å². The van der Waals surface area contributed by atoms with Crippen molar-refractivity contribution in [2.45, 2.75) is 20.8 Å². The molecule has 1 amide bonds. The molecule has 0 saturated heterocycles. The van der Waals surface area contributed by atoms with Gasteiger partial charge in [-0.2, -0.15) is 5.26 Å². The van der Waals surface area contributed by atoms with Gasteiger partial charge in [0, 0.05) is 16.0 Å². The van der Waals surface area contributed by atoms with Crippen molar-refractivity contribution in [1.82, 2.24) is 0 Å². The second kappa shape index (κ2) is 10.3. The number of nitrogens with one attached hydrogen (secondary N) is 1. The van der Waals surface area contributed by atoms with Crippen molar-refractivity contribution in [3.8, 4) is 17.2 Å². The van der Waals surface area contributed by atoms with Gasteiger partial charge in [-0.3, -0.25) is 4.79 Å². The molecule has 3 rings (SSSR count).